The molecule has 0 atom stereocenters. The summed E-state index contributed by atoms with van der Waals surface area (Å²) in [5.74, 6) is 0.817. The lowest BCUT2D eigenvalue weighted by molar-refractivity contribution is 0.204. The third-order valence-corrected chi connectivity index (χ3v) is 3.48. The Balaban J connectivity index is 2.04. The van der Waals surface area contributed by atoms with Gasteiger partial charge in [0.2, 0.25) is 0 Å². The summed E-state index contributed by atoms with van der Waals surface area (Å²) < 4.78 is 19.9. The Kier molecular flexibility index (Phi) is 5.19. The van der Waals surface area contributed by atoms with Crippen LogP contribution in [-0.4, -0.2) is 22.6 Å². The SMILES string of the molecule is COc1ccc2cc(CC/C(C)=N/OP(=O)(O)O)ccc2c1. The molecule has 0 aliphatic carbocycles. The van der Waals surface area contributed by atoms with E-state index >= 15 is 0 Å². The lowest BCUT2D eigenvalue weighted by Crippen LogP contribution is -1.96. The first-order valence-electron chi connectivity index (χ1n) is 6.72. The van der Waals surface area contributed by atoms with Gasteiger partial charge in [-0.1, -0.05) is 29.4 Å². The Morgan fingerprint density at radius 1 is 1.18 bits per heavy atom. The van der Waals surface area contributed by atoms with Gasteiger partial charge in [-0.05, 0) is 48.2 Å². The molecule has 6 nitrogen and oxygen atoms in total. The smallest absolute Gasteiger partial charge is 0.497 e. The van der Waals surface area contributed by atoms with E-state index in [4.69, 9.17) is 14.5 Å². The minimum Gasteiger partial charge on any atom is -0.497 e. The van der Waals surface area contributed by atoms with E-state index in [-0.39, 0.29) is 0 Å². The topological polar surface area (TPSA) is 88.4 Å². The van der Waals surface area contributed by atoms with Gasteiger partial charge in [0.25, 0.3) is 0 Å². The molecule has 2 aromatic rings. The van der Waals surface area contributed by atoms with Crippen molar-refractivity contribution in [1.82, 2.24) is 0 Å². The van der Waals surface area contributed by atoms with Crippen LogP contribution in [0.5, 0.6) is 5.75 Å². The van der Waals surface area contributed by atoms with Crippen molar-refractivity contribution < 1.29 is 23.7 Å². The van der Waals surface area contributed by atoms with E-state index in [2.05, 4.69) is 15.8 Å². The average Bonchev–Trinajstić information content (AvgIpc) is 2.49. The van der Waals surface area contributed by atoms with Crippen LogP contribution in [0.2, 0.25) is 0 Å². The predicted octanol–water partition coefficient (Wildman–Crippen LogP) is 3.27. The maximum absolute atomic E-state index is 10.6. The van der Waals surface area contributed by atoms with E-state index in [0.29, 0.717) is 18.6 Å². The van der Waals surface area contributed by atoms with Gasteiger partial charge in [0.15, 0.2) is 0 Å². The molecule has 0 saturated heterocycles. The monoisotopic (exact) mass is 323 g/mol. The minimum absolute atomic E-state index is 0.526. The largest absolute Gasteiger partial charge is 0.545 e. The molecule has 2 aromatic carbocycles. The number of ether oxygens (including phenoxy) is 1. The van der Waals surface area contributed by atoms with Gasteiger partial charge in [-0.3, -0.25) is 14.4 Å². The molecule has 2 N–H and O–H groups in total. The molecule has 0 aromatic heterocycles. The van der Waals surface area contributed by atoms with Crippen molar-refractivity contribution in [2.24, 2.45) is 5.16 Å². The van der Waals surface area contributed by atoms with Gasteiger partial charge in [0, 0.05) is 0 Å². The van der Waals surface area contributed by atoms with Gasteiger partial charge < -0.3 is 4.74 Å². The highest BCUT2D eigenvalue weighted by atomic mass is 31.2. The second-order valence-electron chi connectivity index (χ2n) is 4.95. The van der Waals surface area contributed by atoms with Crippen molar-refractivity contribution in [1.29, 1.82) is 0 Å². The molecule has 0 fully saturated rings. The number of nitrogens with zero attached hydrogens (tertiary/aromatic N) is 1. The van der Waals surface area contributed by atoms with Crippen LogP contribution in [0.3, 0.4) is 0 Å². The molecule has 0 aliphatic rings. The summed E-state index contributed by atoms with van der Waals surface area (Å²) in [7, 11) is -2.92. The zero-order chi connectivity index (χ0) is 16.2. The molecule has 0 aliphatic heterocycles. The van der Waals surface area contributed by atoms with Crippen molar-refractivity contribution in [3.63, 3.8) is 0 Å². The number of oxime groups is 1. The maximum atomic E-state index is 10.6. The zero-order valence-corrected chi connectivity index (χ0v) is 13.3. The van der Waals surface area contributed by atoms with Gasteiger partial charge in [-0.15, -0.1) is 0 Å². The molecular weight excluding hydrogens is 305 g/mol. The normalized spacial score (nSPS) is 12.5. The number of rotatable bonds is 6. The quantitative estimate of drug-likeness (QED) is 0.484. The molecule has 0 bridgehead atoms. The Bertz CT molecular complexity index is 738. The van der Waals surface area contributed by atoms with E-state index in [9.17, 15) is 4.57 Å². The molecule has 0 heterocycles. The summed E-state index contributed by atoms with van der Waals surface area (Å²) in [6, 6.07) is 12.0. The maximum Gasteiger partial charge on any atom is 0.545 e. The fraction of sp³-hybridized carbons (Fsp3) is 0.267. The molecule has 0 amide bonds. The van der Waals surface area contributed by atoms with E-state index < -0.39 is 7.82 Å². The summed E-state index contributed by atoms with van der Waals surface area (Å²) in [6.07, 6.45) is 1.27. The van der Waals surface area contributed by atoms with E-state index in [0.717, 1.165) is 22.1 Å². The number of fused-ring (bicyclic) bond motifs is 1. The highest BCUT2D eigenvalue weighted by Gasteiger charge is 2.14. The van der Waals surface area contributed by atoms with Crippen LogP contribution in [0.15, 0.2) is 41.6 Å². The van der Waals surface area contributed by atoms with E-state index in [1.54, 1.807) is 14.0 Å². The van der Waals surface area contributed by atoms with Crippen molar-refractivity contribution in [3.05, 3.63) is 42.0 Å². The number of hydrogen-bond acceptors (Lipinski definition) is 4. The third-order valence-electron chi connectivity index (χ3n) is 3.19. The van der Waals surface area contributed by atoms with Gasteiger partial charge in [-0.2, -0.15) is 0 Å². The molecule has 0 radical (unpaired) electrons. The summed E-state index contributed by atoms with van der Waals surface area (Å²) in [5.41, 5.74) is 1.64. The number of aryl methyl sites for hydroxylation is 1. The number of phosphoric acid groups is 1. The minimum atomic E-state index is -4.55. The summed E-state index contributed by atoms with van der Waals surface area (Å²) in [4.78, 5) is 17.2. The van der Waals surface area contributed by atoms with Gasteiger partial charge in [0.1, 0.15) is 5.75 Å². The Labute approximate surface area is 128 Å². The predicted molar refractivity (Wildman–Crippen MR) is 85.1 cm³/mol. The first kappa shape index (κ1) is 16.5. The molecule has 22 heavy (non-hydrogen) atoms. The summed E-state index contributed by atoms with van der Waals surface area (Å²) in [5, 5.41) is 5.64. The Hall–Kier alpha value is -1.88. The number of hydrogen-bond donors (Lipinski definition) is 2. The highest BCUT2D eigenvalue weighted by molar-refractivity contribution is 7.46. The molecular formula is C15H18NO5P. The standard InChI is InChI=1S/C15H18NO5P/c1-11(16-21-22(17,18)19)3-4-12-5-6-14-10-15(20-2)8-7-13(14)9-12/h5-10H,3-4H2,1-2H3,(H2,17,18,19)/b16-11+. The lowest BCUT2D eigenvalue weighted by atomic mass is 10.0. The molecule has 0 spiro atoms. The molecule has 0 saturated carbocycles. The van der Waals surface area contributed by atoms with Crippen molar-refractivity contribution in [2.75, 3.05) is 7.11 Å². The Morgan fingerprint density at radius 3 is 2.55 bits per heavy atom. The molecule has 0 unspecified atom stereocenters. The third kappa shape index (κ3) is 4.84. The second-order valence-corrected chi connectivity index (χ2v) is 6.09. The van der Waals surface area contributed by atoms with Crippen LogP contribution in [0.1, 0.15) is 18.9 Å². The number of methoxy groups -OCH3 is 1. The fourth-order valence-corrected chi connectivity index (χ4v) is 2.30. The van der Waals surface area contributed by atoms with Crippen LogP contribution in [-0.2, 0) is 15.6 Å². The first-order valence-corrected chi connectivity index (χ1v) is 8.25. The van der Waals surface area contributed by atoms with Crippen LogP contribution in [0.25, 0.3) is 10.8 Å². The molecule has 2 rings (SSSR count). The number of benzene rings is 2. The molecule has 118 valence electrons. The average molecular weight is 323 g/mol. The highest BCUT2D eigenvalue weighted by Crippen LogP contribution is 2.36. The van der Waals surface area contributed by atoms with Crippen LogP contribution in [0, 0.1) is 0 Å². The fourth-order valence-electron chi connectivity index (χ4n) is 2.05. The van der Waals surface area contributed by atoms with Gasteiger partial charge in [0.05, 0.1) is 12.8 Å². The van der Waals surface area contributed by atoms with Gasteiger partial charge in [-0.25, -0.2) is 4.57 Å². The van der Waals surface area contributed by atoms with Gasteiger partial charge >= 0.3 is 7.82 Å². The van der Waals surface area contributed by atoms with Crippen LogP contribution < -0.4 is 4.74 Å². The van der Waals surface area contributed by atoms with Crippen LogP contribution >= 0.6 is 7.82 Å². The first-order chi connectivity index (χ1) is 10.4. The van der Waals surface area contributed by atoms with Crippen LogP contribution in [0.4, 0.5) is 0 Å². The second kappa shape index (κ2) is 6.92. The van der Waals surface area contributed by atoms with Crippen molar-refractivity contribution in [3.8, 4) is 5.75 Å². The van der Waals surface area contributed by atoms with Crippen molar-refractivity contribution in [2.45, 2.75) is 19.8 Å². The molecule has 7 heteroatoms. The Morgan fingerprint density at radius 2 is 1.86 bits per heavy atom. The van der Waals surface area contributed by atoms with Crippen molar-refractivity contribution >= 4 is 24.3 Å². The zero-order valence-electron chi connectivity index (χ0n) is 12.4. The van der Waals surface area contributed by atoms with E-state index in [1.165, 1.54) is 0 Å². The lowest BCUT2D eigenvalue weighted by Gasteiger charge is -2.06. The summed E-state index contributed by atoms with van der Waals surface area (Å²) in [6.45, 7) is 1.67. The van der Waals surface area contributed by atoms with E-state index in [1.807, 2.05) is 30.3 Å². The summed E-state index contributed by atoms with van der Waals surface area (Å²) >= 11 is 0.